The fourth-order valence-corrected chi connectivity index (χ4v) is 17.1. The van der Waals surface area contributed by atoms with Crippen LogP contribution in [0.25, 0.3) is 156 Å². The van der Waals surface area contributed by atoms with Gasteiger partial charge in [0.2, 0.25) is 0 Å². The lowest BCUT2D eigenvalue weighted by Gasteiger charge is -2.17. The zero-order valence-electron chi connectivity index (χ0n) is 67.1. The van der Waals surface area contributed by atoms with Crippen molar-refractivity contribution in [2.24, 2.45) is 0 Å². The highest BCUT2D eigenvalue weighted by atomic mass is 15.0. The number of hydrogen-bond acceptors (Lipinski definition) is 0. The molecule has 0 radical (unpaired) electrons. The molecule has 0 aliphatic rings. The van der Waals surface area contributed by atoms with E-state index < -0.39 is 0 Å². The molecule has 117 heavy (non-hydrogen) atoms. The van der Waals surface area contributed by atoms with Gasteiger partial charge in [-0.25, -0.2) is 0 Å². The van der Waals surface area contributed by atoms with E-state index >= 15 is 0 Å². The minimum absolute atomic E-state index is 0.993. The molecule has 0 saturated carbocycles. The highest BCUT2D eigenvalue weighted by Crippen LogP contribution is 2.47. The van der Waals surface area contributed by atoms with Gasteiger partial charge in [-0.2, -0.15) is 0 Å². The second-order valence-electron chi connectivity index (χ2n) is 29.8. The third-order valence-corrected chi connectivity index (χ3v) is 22.5. The lowest BCUT2D eigenvalue weighted by molar-refractivity contribution is 1.03. The van der Waals surface area contributed by atoms with E-state index in [0.29, 0.717) is 0 Å². The Bertz CT molecular complexity index is 6430. The molecule has 0 amide bonds. The standard InChI is InChI=1S/C29H25N.3C28H23N/c1-3-22-18-21(2)19-25(20-22)30-28(23-12-6-4-7-13-23)26-16-10-11-17-27(26)29(30)24-14-8-5-9-15-24;1-2-21-13-9-12-20-26(21)29-27(22-14-5-3-6-15-22)24-18-10-11-19-25(24)28(29)23-16-7-4-8-17-23;1-2-21-12-11-17-24(20-21)29-27(22-13-5-3-6-14-22)25-18-9-10-19-26(25)28(29)23-15-7-4-8-16-23;1-2-21-17-19-24(20-18-21)29-27(22-11-5-3-6-12-22)25-15-9-10-16-26(25)28(29)23-13-7-4-8-14-23/h4-20H,3H2,1-2H3;3*3-20H,2H2,1H3. The molecule has 0 aliphatic heterocycles. The maximum atomic E-state index is 2.47. The quantitative estimate of drug-likeness (QED) is 0.0919. The molecule has 16 aromatic carbocycles. The van der Waals surface area contributed by atoms with Crippen LogP contribution in [0.2, 0.25) is 0 Å². The minimum Gasteiger partial charge on any atom is -0.308 e. The van der Waals surface area contributed by atoms with E-state index in [-0.39, 0.29) is 0 Å². The molecule has 0 aliphatic carbocycles. The van der Waals surface area contributed by atoms with Gasteiger partial charge in [0, 0.05) is 65.8 Å². The van der Waals surface area contributed by atoms with Crippen molar-refractivity contribution >= 4 is 43.1 Å². The van der Waals surface area contributed by atoms with Crippen molar-refractivity contribution in [2.75, 3.05) is 0 Å². The van der Waals surface area contributed by atoms with Crippen LogP contribution in [0.5, 0.6) is 0 Å². The zero-order chi connectivity index (χ0) is 79.4. The van der Waals surface area contributed by atoms with Gasteiger partial charge in [0.15, 0.2) is 0 Å². The van der Waals surface area contributed by atoms with Crippen LogP contribution in [0.1, 0.15) is 55.5 Å². The first-order valence-electron chi connectivity index (χ1n) is 41.2. The Kier molecular flexibility index (Phi) is 22.5. The SMILES string of the molecule is CCc1cc(C)cc(-n2c(-c3ccccc3)c3ccccc3c2-c2ccccc2)c1.CCc1ccc(-n2c(-c3ccccc3)c3ccccc3c2-c2ccccc2)cc1.CCc1cccc(-n2c(-c3ccccc3)c3ccccc3c2-c2ccccc2)c1.CCc1ccccc1-n1c(-c2ccccc2)c2ccccc2c1-c1ccccc1. The summed E-state index contributed by atoms with van der Waals surface area (Å²) in [5, 5.41) is 10.2. The van der Waals surface area contributed by atoms with Gasteiger partial charge in [0.1, 0.15) is 0 Å². The van der Waals surface area contributed by atoms with Gasteiger partial charge in [-0.15, -0.1) is 0 Å². The molecule has 0 saturated heterocycles. The largest absolute Gasteiger partial charge is 0.308 e. The molecular weight excluding hydrogens is 1410 g/mol. The summed E-state index contributed by atoms with van der Waals surface area (Å²) in [5.74, 6) is 0. The summed E-state index contributed by atoms with van der Waals surface area (Å²) in [6.07, 6.45) is 4.09. The second-order valence-corrected chi connectivity index (χ2v) is 29.8. The summed E-state index contributed by atoms with van der Waals surface area (Å²) in [4.78, 5) is 0. The third-order valence-electron chi connectivity index (χ3n) is 22.5. The van der Waals surface area contributed by atoms with Gasteiger partial charge < -0.3 is 18.3 Å². The highest BCUT2D eigenvalue weighted by Gasteiger charge is 2.26. The van der Waals surface area contributed by atoms with E-state index in [4.69, 9.17) is 0 Å². The fraction of sp³-hybridized carbons (Fsp3) is 0.0796. The van der Waals surface area contributed by atoms with Crippen LogP contribution in [-0.2, 0) is 25.7 Å². The first-order valence-corrected chi connectivity index (χ1v) is 41.2. The summed E-state index contributed by atoms with van der Waals surface area (Å²) >= 11 is 0. The molecule has 4 heteroatoms. The molecule has 0 unspecified atom stereocenters. The van der Waals surface area contributed by atoms with E-state index in [1.807, 2.05) is 0 Å². The Hall–Kier alpha value is -14.3. The second kappa shape index (κ2) is 35.0. The topological polar surface area (TPSA) is 19.7 Å². The fourth-order valence-electron chi connectivity index (χ4n) is 17.1. The van der Waals surface area contributed by atoms with Crippen LogP contribution in [0.15, 0.2) is 431 Å². The van der Waals surface area contributed by atoms with Gasteiger partial charge in [-0.3, -0.25) is 0 Å². The van der Waals surface area contributed by atoms with Crippen LogP contribution >= 0.6 is 0 Å². The molecular formula is C113H94N4. The minimum atomic E-state index is 0.993. The zero-order valence-corrected chi connectivity index (χ0v) is 67.1. The third kappa shape index (κ3) is 15.3. The van der Waals surface area contributed by atoms with Crippen LogP contribution in [0.3, 0.4) is 0 Å². The van der Waals surface area contributed by atoms with E-state index in [1.54, 1.807) is 0 Å². The van der Waals surface area contributed by atoms with Crippen LogP contribution in [0, 0.1) is 6.92 Å². The van der Waals surface area contributed by atoms with E-state index in [2.05, 4.69) is 484 Å². The van der Waals surface area contributed by atoms with Gasteiger partial charge in [-0.05, 0) is 147 Å². The molecule has 566 valence electrons. The van der Waals surface area contributed by atoms with Gasteiger partial charge in [-0.1, -0.05) is 416 Å². The number of aryl methyl sites for hydroxylation is 5. The number of hydrogen-bond donors (Lipinski definition) is 0. The van der Waals surface area contributed by atoms with Crippen molar-refractivity contribution in [3.05, 3.63) is 459 Å². The average molecular weight is 1510 g/mol. The summed E-state index contributed by atoms with van der Waals surface area (Å²) < 4.78 is 9.79. The van der Waals surface area contributed by atoms with Crippen molar-refractivity contribution in [1.29, 1.82) is 0 Å². The molecule has 0 fully saturated rings. The summed E-state index contributed by atoms with van der Waals surface area (Å²) in [7, 11) is 0. The Morgan fingerprint density at radius 3 is 0.726 bits per heavy atom. The number of fused-ring (bicyclic) bond motifs is 4. The van der Waals surface area contributed by atoms with Crippen molar-refractivity contribution < 1.29 is 0 Å². The number of para-hydroxylation sites is 1. The molecule has 4 aromatic heterocycles. The van der Waals surface area contributed by atoms with Crippen molar-refractivity contribution in [3.63, 3.8) is 0 Å². The Labute approximate surface area is 688 Å². The Balaban J connectivity index is 0.000000112. The van der Waals surface area contributed by atoms with E-state index in [0.717, 1.165) is 25.7 Å². The van der Waals surface area contributed by atoms with Crippen molar-refractivity contribution in [1.82, 2.24) is 18.3 Å². The maximum absolute atomic E-state index is 2.47. The van der Waals surface area contributed by atoms with Crippen LogP contribution in [-0.4, -0.2) is 18.3 Å². The van der Waals surface area contributed by atoms with Gasteiger partial charge >= 0.3 is 0 Å². The summed E-state index contributed by atoms with van der Waals surface area (Å²) in [6, 6.07) is 154. The molecule has 20 rings (SSSR count). The monoisotopic (exact) mass is 1510 g/mol. The van der Waals surface area contributed by atoms with Crippen LogP contribution in [0.4, 0.5) is 0 Å². The number of nitrogens with zero attached hydrogens (tertiary/aromatic N) is 4. The highest BCUT2D eigenvalue weighted by molar-refractivity contribution is 6.10. The lowest BCUT2D eigenvalue weighted by Crippen LogP contribution is -2.03. The number of aromatic nitrogens is 4. The van der Waals surface area contributed by atoms with Gasteiger partial charge in [0.05, 0.1) is 45.6 Å². The van der Waals surface area contributed by atoms with Crippen molar-refractivity contribution in [3.8, 4) is 113 Å². The average Bonchev–Trinajstić information content (AvgIpc) is 1.60. The van der Waals surface area contributed by atoms with E-state index in [1.165, 1.54) is 184 Å². The Morgan fingerprint density at radius 1 is 0.171 bits per heavy atom. The normalized spacial score (nSPS) is 11.1. The molecule has 4 nitrogen and oxygen atoms in total. The van der Waals surface area contributed by atoms with Gasteiger partial charge in [0.25, 0.3) is 0 Å². The molecule has 4 heterocycles. The smallest absolute Gasteiger partial charge is 0.0613 e. The molecule has 0 bridgehead atoms. The molecule has 0 atom stereocenters. The summed E-state index contributed by atoms with van der Waals surface area (Å²) in [5.41, 5.74) is 31.4. The maximum Gasteiger partial charge on any atom is 0.0613 e. The lowest BCUT2D eigenvalue weighted by atomic mass is 10.0. The first-order chi connectivity index (χ1) is 57.9. The number of rotatable bonds is 16. The predicted octanol–water partition coefficient (Wildman–Crippen LogP) is 30.4. The summed E-state index contributed by atoms with van der Waals surface area (Å²) in [6.45, 7) is 11.1. The molecule has 0 N–H and O–H groups in total. The van der Waals surface area contributed by atoms with Crippen LogP contribution < -0.4 is 0 Å². The number of benzene rings is 16. The Morgan fingerprint density at radius 2 is 0.427 bits per heavy atom. The molecule has 20 aromatic rings. The van der Waals surface area contributed by atoms with Crippen molar-refractivity contribution in [2.45, 2.75) is 60.3 Å². The molecule has 0 spiro atoms. The predicted molar refractivity (Wildman–Crippen MR) is 499 cm³/mol. The first kappa shape index (κ1) is 75.4. The van der Waals surface area contributed by atoms with E-state index in [9.17, 15) is 0 Å².